The van der Waals surface area contributed by atoms with Crippen molar-refractivity contribution in [2.24, 2.45) is 0 Å². The summed E-state index contributed by atoms with van der Waals surface area (Å²) in [6.07, 6.45) is 3.68. The first kappa shape index (κ1) is 14.1. The Morgan fingerprint density at radius 2 is 2.00 bits per heavy atom. The van der Waals surface area contributed by atoms with Gasteiger partial charge >= 0.3 is 0 Å². The zero-order valence-electron chi connectivity index (χ0n) is 11.5. The molecule has 4 heteroatoms. The van der Waals surface area contributed by atoms with Crippen LogP contribution in [0.4, 0.5) is 0 Å². The molecule has 0 aliphatic rings. The van der Waals surface area contributed by atoms with E-state index in [1.165, 1.54) is 18.5 Å². The van der Waals surface area contributed by atoms with Gasteiger partial charge in [0.2, 0.25) is 0 Å². The Bertz CT molecular complexity index is 570. The van der Waals surface area contributed by atoms with Crippen molar-refractivity contribution in [1.29, 1.82) is 0 Å². The van der Waals surface area contributed by atoms with Crippen LogP contribution < -0.4 is 0 Å². The fourth-order valence-electron chi connectivity index (χ4n) is 2.05. The molecule has 0 fully saturated rings. The van der Waals surface area contributed by atoms with E-state index in [0.717, 1.165) is 12.0 Å². The lowest BCUT2D eigenvalue weighted by molar-refractivity contribution is 0.0742. The van der Waals surface area contributed by atoms with Gasteiger partial charge in [-0.15, -0.1) is 0 Å². The number of pyridine rings is 1. The molecule has 20 heavy (non-hydrogen) atoms. The Balaban J connectivity index is 2.18. The largest absolute Gasteiger partial charge is 0.506 e. The van der Waals surface area contributed by atoms with Gasteiger partial charge in [0.15, 0.2) is 0 Å². The Kier molecular flexibility index (Phi) is 4.71. The number of carbonyl (C=O) groups is 1. The van der Waals surface area contributed by atoms with Crippen molar-refractivity contribution in [2.45, 2.75) is 19.9 Å². The molecule has 0 unspecified atom stereocenters. The normalized spacial score (nSPS) is 10.2. The average Bonchev–Trinajstić information content (AvgIpc) is 2.47. The predicted octanol–water partition coefficient (Wildman–Crippen LogP) is 2.84. The summed E-state index contributed by atoms with van der Waals surface area (Å²) in [5.41, 5.74) is 1.50. The molecule has 2 rings (SSSR count). The fourth-order valence-corrected chi connectivity index (χ4v) is 2.05. The molecule has 0 spiro atoms. The van der Waals surface area contributed by atoms with E-state index in [2.05, 4.69) is 4.98 Å². The van der Waals surface area contributed by atoms with Crippen molar-refractivity contribution in [2.75, 3.05) is 6.54 Å². The summed E-state index contributed by atoms with van der Waals surface area (Å²) in [6.45, 7) is 3.26. The van der Waals surface area contributed by atoms with Gasteiger partial charge in [-0.3, -0.25) is 9.78 Å². The molecule has 1 heterocycles. The molecule has 0 radical (unpaired) electrons. The second-order valence-corrected chi connectivity index (χ2v) is 4.64. The van der Waals surface area contributed by atoms with Gasteiger partial charge in [-0.05, 0) is 18.1 Å². The van der Waals surface area contributed by atoms with Gasteiger partial charge in [-0.25, -0.2) is 0 Å². The van der Waals surface area contributed by atoms with Crippen LogP contribution in [0.3, 0.4) is 0 Å². The molecule has 0 bridgehead atoms. The highest BCUT2D eigenvalue weighted by Crippen LogP contribution is 2.13. The number of carbonyl (C=O) groups excluding carboxylic acids is 1. The van der Waals surface area contributed by atoms with E-state index in [4.69, 9.17) is 0 Å². The molecular weight excluding hydrogens is 252 g/mol. The van der Waals surface area contributed by atoms with Crippen molar-refractivity contribution >= 4 is 5.91 Å². The van der Waals surface area contributed by atoms with Gasteiger partial charge in [0.05, 0.1) is 11.8 Å². The maximum atomic E-state index is 12.5. The Labute approximate surface area is 118 Å². The summed E-state index contributed by atoms with van der Waals surface area (Å²) >= 11 is 0. The molecule has 1 aromatic carbocycles. The van der Waals surface area contributed by atoms with Gasteiger partial charge in [-0.2, -0.15) is 0 Å². The zero-order valence-corrected chi connectivity index (χ0v) is 11.5. The lowest BCUT2D eigenvalue weighted by atomic mass is 10.1. The second-order valence-electron chi connectivity index (χ2n) is 4.64. The van der Waals surface area contributed by atoms with Crippen molar-refractivity contribution in [3.05, 3.63) is 59.9 Å². The molecule has 1 N–H and O–H groups in total. The minimum Gasteiger partial charge on any atom is -0.506 e. The van der Waals surface area contributed by atoms with Gasteiger partial charge in [-0.1, -0.05) is 37.3 Å². The van der Waals surface area contributed by atoms with Crippen molar-refractivity contribution in [3.63, 3.8) is 0 Å². The topological polar surface area (TPSA) is 53.4 Å². The highest BCUT2D eigenvalue weighted by molar-refractivity contribution is 5.94. The summed E-state index contributed by atoms with van der Waals surface area (Å²) in [7, 11) is 0. The first-order chi connectivity index (χ1) is 9.70. The van der Waals surface area contributed by atoms with Crippen LogP contribution in [0, 0.1) is 0 Å². The standard InChI is InChI=1S/C16H18N2O2/c1-2-8-18(12-13-6-4-3-5-7-13)16(20)14-9-15(19)11-17-10-14/h3-7,9-11,19H,2,8,12H2,1H3. The van der Waals surface area contributed by atoms with Gasteiger partial charge in [0, 0.05) is 19.3 Å². The van der Waals surface area contributed by atoms with Crippen molar-refractivity contribution in [1.82, 2.24) is 9.88 Å². The van der Waals surface area contributed by atoms with Crippen LogP contribution in [0.15, 0.2) is 48.8 Å². The lowest BCUT2D eigenvalue weighted by Gasteiger charge is -2.22. The van der Waals surface area contributed by atoms with Gasteiger partial charge in [0.1, 0.15) is 5.75 Å². The molecule has 1 amide bonds. The first-order valence-electron chi connectivity index (χ1n) is 6.68. The molecule has 0 saturated carbocycles. The van der Waals surface area contributed by atoms with Crippen LogP contribution in [-0.2, 0) is 6.54 Å². The highest BCUT2D eigenvalue weighted by Gasteiger charge is 2.16. The monoisotopic (exact) mass is 270 g/mol. The van der Waals surface area contributed by atoms with Crippen LogP contribution in [0.25, 0.3) is 0 Å². The maximum Gasteiger partial charge on any atom is 0.255 e. The van der Waals surface area contributed by atoms with Gasteiger partial charge < -0.3 is 10.0 Å². The Morgan fingerprint density at radius 1 is 1.25 bits per heavy atom. The number of hydrogen-bond donors (Lipinski definition) is 1. The predicted molar refractivity (Wildman–Crippen MR) is 77.4 cm³/mol. The molecule has 4 nitrogen and oxygen atoms in total. The van der Waals surface area contributed by atoms with Crippen LogP contribution >= 0.6 is 0 Å². The van der Waals surface area contributed by atoms with E-state index < -0.39 is 0 Å². The third kappa shape index (κ3) is 3.57. The Morgan fingerprint density at radius 3 is 2.65 bits per heavy atom. The third-order valence-corrected chi connectivity index (χ3v) is 2.97. The lowest BCUT2D eigenvalue weighted by Crippen LogP contribution is -2.31. The van der Waals surface area contributed by atoms with Crippen LogP contribution in [0.5, 0.6) is 5.75 Å². The van der Waals surface area contributed by atoms with E-state index in [0.29, 0.717) is 18.7 Å². The zero-order chi connectivity index (χ0) is 14.4. The number of nitrogens with zero attached hydrogens (tertiary/aromatic N) is 2. The minimum atomic E-state index is -0.112. The van der Waals surface area contributed by atoms with E-state index in [9.17, 15) is 9.90 Å². The smallest absolute Gasteiger partial charge is 0.255 e. The summed E-state index contributed by atoms with van der Waals surface area (Å²) < 4.78 is 0. The fraction of sp³-hybridized carbons (Fsp3) is 0.250. The molecule has 0 saturated heterocycles. The summed E-state index contributed by atoms with van der Waals surface area (Å²) in [5, 5.41) is 9.43. The molecule has 0 aliphatic heterocycles. The molecule has 0 atom stereocenters. The SMILES string of the molecule is CCCN(Cc1ccccc1)C(=O)c1cncc(O)c1. The van der Waals surface area contributed by atoms with Crippen LogP contribution in [0.1, 0.15) is 29.3 Å². The molecule has 0 aliphatic carbocycles. The number of amides is 1. The number of rotatable bonds is 5. The summed E-state index contributed by atoms with van der Waals surface area (Å²) in [4.78, 5) is 18.1. The molecule has 1 aromatic heterocycles. The number of aromatic nitrogens is 1. The highest BCUT2D eigenvalue weighted by atomic mass is 16.3. The van der Waals surface area contributed by atoms with E-state index >= 15 is 0 Å². The van der Waals surface area contributed by atoms with E-state index in [1.807, 2.05) is 37.3 Å². The number of benzene rings is 1. The number of hydrogen-bond acceptors (Lipinski definition) is 3. The molecule has 104 valence electrons. The third-order valence-electron chi connectivity index (χ3n) is 2.97. The van der Waals surface area contributed by atoms with Crippen molar-refractivity contribution < 1.29 is 9.90 Å². The Hall–Kier alpha value is -2.36. The second kappa shape index (κ2) is 6.70. The molecular formula is C16H18N2O2. The minimum absolute atomic E-state index is 0.00649. The van der Waals surface area contributed by atoms with E-state index in [-0.39, 0.29) is 11.7 Å². The summed E-state index contributed by atoms with van der Waals surface area (Å²) in [6, 6.07) is 11.3. The first-order valence-corrected chi connectivity index (χ1v) is 6.68. The summed E-state index contributed by atoms with van der Waals surface area (Å²) in [5.74, 6) is -0.105. The molecule has 2 aromatic rings. The van der Waals surface area contributed by atoms with Crippen LogP contribution in [-0.4, -0.2) is 27.4 Å². The van der Waals surface area contributed by atoms with Gasteiger partial charge in [0.25, 0.3) is 5.91 Å². The number of aromatic hydroxyl groups is 1. The maximum absolute atomic E-state index is 12.5. The van der Waals surface area contributed by atoms with Crippen LogP contribution in [0.2, 0.25) is 0 Å². The average molecular weight is 270 g/mol. The quantitative estimate of drug-likeness (QED) is 0.909. The van der Waals surface area contributed by atoms with E-state index in [1.54, 1.807) is 4.90 Å². The van der Waals surface area contributed by atoms with Crippen molar-refractivity contribution in [3.8, 4) is 5.75 Å².